The van der Waals surface area contributed by atoms with E-state index in [4.69, 9.17) is 4.74 Å². The number of carbonyl (C=O) groups excluding carboxylic acids is 1. The fourth-order valence-corrected chi connectivity index (χ4v) is 4.61. The molecule has 0 N–H and O–H groups in total. The molecule has 2 aromatic heterocycles. The molecular weight excluding hydrogens is 428 g/mol. The molecule has 2 heterocycles. The van der Waals surface area contributed by atoms with Gasteiger partial charge in [0.05, 0.1) is 19.4 Å². The first-order valence-corrected chi connectivity index (χ1v) is 11.6. The van der Waals surface area contributed by atoms with Crippen LogP contribution in [0.1, 0.15) is 4.88 Å². The molecule has 0 saturated carbocycles. The van der Waals surface area contributed by atoms with Crippen molar-refractivity contribution in [1.29, 1.82) is 0 Å². The fourth-order valence-electron chi connectivity index (χ4n) is 3.13. The average Bonchev–Trinajstić information content (AvgIpc) is 3.46. The summed E-state index contributed by atoms with van der Waals surface area (Å²) in [6, 6.07) is 21.5. The maximum absolute atomic E-state index is 13.2. The molecule has 0 saturated heterocycles. The van der Waals surface area contributed by atoms with E-state index in [1.807, 2.05) is 83.7 Å². The second kappa shape index (κ2) is 9.80. The third-order valence-corrected chi connectivity index (χ3v) is 6.64. The van der Waals surface area contributed by atoms with E-state index in [2.05, 4.69) is 10.2 Å². The summed E-state index contributed by atoms with van der Waals surface area (Å²) >= 11 is 3.03. The molecule has 8 heteroatoms. The van der Waals surface area contributed by atoms with Crippen LogP contribution in [0, 0.1) is 0 Å². The summed E-state index contributed by atoms with van der Waals surface area (Å²) in [5.74, 6) is 1.81. The zero-order valence-corrected chi connectivity index (χ0v) is 18.9. The number of ether oxygens (including phenoxy) is 1. The maximum Gasteiger partial charge on any atom is 0.237 e. The second-order valence-corrected chi connectivity index (χ2v) is 8.75. The minimum Gasteiger partial charge on any atom is -0.497 e. The minimum absolute atomic E-state index is 0.00725. The van der Waals surface area contributed by atoms with Gasteiger partial charge in [-0.25, -0.2) is 0 Å². The molecule has 4 rings (SSSR count). The van der Waals surface area contributed by atoms with Crippen LogP contribution in [0.5, 0.6) is 5.75 Å². The summed E-state index contributed by atoms with van der Waals surface area (Å²) in [6.07, 6.45) is 0. The Morgan fingerprint density at radius 2 is 1.84 bits per heavy atom. The van der Waals surface area contributed by atoms with Gasteiger partial charge < -0.3 is 14.2 Å². The molecule has 0 atom stereocenters. The molecule has 31 heavy (non-hydrogen) atoms. The molecule has 0 radical (unpaired) electrons. The quantitative estimate of drug-likeness (QED) is 0.358. The van der Waals surface area contributed by atoms with Gasteiger partial charge in [0.2, 0.25) is 5.91 Å². The van der Waals surface area contributed by atoms with Gasteiger partial charge in [0, 0.05) is 23.2 Å². The zero-order valence-electron chi connectivity index (χ0n) is 17.3. The van der Waals surface area contributed by atoms with Crippen LogP contribution in [0.3, 0.4) is 0 Å². The number of nitrogens with zero attached hydrogens (tertiary/aromatic N) is 4. The average molecular weight is 451 g/mol. The summed E-state index contributed by atoms with van der Waals surface area (Å²) in [5.41, 5.74) is 1.83. The standard InChI is InChI=1S/C23H22N4O2S2/c1-26-22(17-7-4-3-5-8-17)24-25-23(26)31-16-21(28)27(15-20-9-6-14-30-20)18-10-12-19(29-2)13-11-18/h3-14H,15-16H2,1-2H3. The predicted molar refractivity (Wildman–Crippen MR) is 126 cm³/mol. The van der Waals surface area contributed by atoms with Crippen molar-refractivity contribution in [3.63, 3.8) is 0 Å². The summed E-state index contributed by atoms with van der Waals surface area (Å²) in [7, 11) is 3.55. The van der Waals surface area contributed by atoms with Gasteiger partial charge in [0.1, 0.15) is 5.75 Å². The van der Waals surface area contributed by atoms with Gasteiger partial charge in [0.25, 0.3) is 0 Å². The van der Waals surface area contributed by atoms with E-state index < -0.39 is 0 Å². The van der Waals surface area contributed by atoms with Crippen molar-refractivity contribution < 1.29 is 9.53 Å². The molecule has 2 aromatic carbocycles. The number of hydrogen-bond donors (Lipinski definition) is 0. The Morgan fingerprint density at radius 1 is 1.06 bits per heavy atom. The van der Waals surface area contributed by atoms with Gasteiger partial charge >= 0.3 is 0 Å². The first-order chi connectivity index (χ1) is 15.2. The van der Waals surface area contributed by atoms with Crippen LogP contribution in [0.15, 0.2) is 77.3 Å². The Hall–Kier alpha value is -3.10. The molecule has 4 aromatic rings. The number of thioether (sulfide) groups is 1. The first kappa shape index (κ1) is 21.1. The predicted octanol–water partition coefficient (Wildman–Crippen LogP) is 4.88. The highest BCUT2D eigenvalue weighted by atomic mass is 32.2. The van der Waals surface area contributed by atoms with E-state index >= 15 is 0 Å². The number of carbonyl (C=O) groups is 1. The van der Waals surface area contributed by atoms with Gasteiger partial charge in [-0.1, -0.05) is 48.2 Å². The molecule has 0 bridgehead atoms. The highest BCUT2D eigenvalue weighted by molar-refractivity contribution is 7.99. The molecule has 1 amide bonds. The SMILES string of the molecule is COc1ccc(N(Cc2cccs2)C(=O)CSc2nnc(-c3ccccc3)n2C)cc1. The summed E-state index contributed by atoms with van der Waals surface area (Å²) in [5, 5.41) is 11.3. The summed E-state index contributed by atoms with van der Waals surface area (Å²) in [6.45, 7) is 0.525. The van der Waals surface area contributed by atoms with Crippen LogP contribution in [-0.2, 0) is 18.4 Å². The van der Waals surface area contributed by atoms with Gasteiger partial charge in [-0.15, -0.1) is 21.5 Å². The largest absolute Gasteiger partial charge is 0.497 e. The summed E-state index contributed by atoms with van der Waals surface area (Å²) in [4.78, 5) is 16.1. The van der Waals surface area contributed by atoms with Crippen molar-refractivity contribution in [2.75, 3.05) is 17.8 Å². The third kappa shape index (κ3) is 4.98. The molecule has 0 unspecified atom stereocenters. The molecule has 0 aliphatic rings. The smallest absolute Gasteiger partial charge is 0.237 e. The van der Waals surface area contributed by atoms with Gasteiger partial charge in [0.15, 0.2) is 11.0 Å². The molecule has 0 aliphatic heterocycles. The molecule has 6 nitrogen and oxygen atoms in total. The van der Waals surface area contributed by atoms with Crippen molar-refractivity contribution in [1.82, 2.24) is 14.8 Å². The zero-order chi connectivity index (χ0) is 21.6. The molecule has 158 valence electrons. The Bertz CT molecular complexity index is 1130. The van der Waals surface area contributed by atoms with E-state index in [-0.39, 0.29) is 11.7 Å². The van der Waals surface area contributed by atoms with Crippen LogP contribution in [-0.4, -0.2) is 33.5 Å². The number of benzene rings is 2. The summed E-state index contributed by atoms with van der Waals surface area (Å²) < 4.78 is 7.17. The lowest BCUT2D eigenvalue weighted by Gasteiger charge is -2.22. The lowest BCUT2D eigenvalue weighted by molar-refractivity contribution is -0.116. The van der Waals surface area contributed by atoms with Crippen LogP contribution in [0.25, 0.3) is 11.4 Å². The van der Waals surface area contributed by atoms with Gasteiger partial charge in [-0.05, 0) is 35.7 Å². The van der Waals surface area contributed by atoms with Crippen LogP contribution in [0.2, 0.25) is 0 Å². The van der Waals surface area contributed by atoms with Crippen molar-refractivity contribution in [3.05, 3.63) is 77.0 Å². The van der Waals surface area contributed by atoms with E-state index in [0.717, 1.165) is 27.7 Å². The lowest BCUT2D eigenvalue weighted by atomic mass is 10.2. The Kier molecular flexibility index (Phi) is 6.69. The van der Waals surface area contributed by atoms with Crippen molar-refractivity contribution >= 4 is 34.7 Å². The van der Waals surface area contributed by atoms with Gasteiger partial charge in [-0.2, -0.15) is 0 Å². The highest BCUT2D eigenvalue weighted by Gasteiger charge is 2.19. The number of aromatic nitrogens is 3. The van der Waals surface area contributed by atoms with Crippen molar-refractivity contribution in [2.24, 2.45) is 7.05 Å². The number of amides is 1. The normalized spacial score (nSPS) is 10.8. The Labute approximate surface area is 189 Å². The first-order valence-electron chi connectivity index (χ1n) is 9.70. The van der Waals surface area contributed by atoms with Gasteiger partial charge in [-0.3, -0.25) is 4.79 Å². The van der Waals surface area contributed by atoms with E-state index in [9.17, 15) is 4.79 Å². The molecule has 0 fully saturated rings. The number of hydrogen-bond acceptors (Lipinski definition) is 6. The fraction of sp³-hybridized carbons (Fsp3) is 0.174. The van der Waals surface area contributed by atoms with Crippen molar-refractivity contribution in [3.8, 4) is 17.1 Å². The van der Waals surface area contributed by atoms with Crippen LogP contribution < -0.4 is 9.64 Å². The number of rotatable bonds is 8. The topological polar surface area (TPSA) is 60.2 Å². The van der Waals surface area contributed by atoms with E-state index in [1.165, 1.54) is 11.8 Å². The van der Waals surface area contributed by atoms with E-state index in [1.54, 1.807) is 23.3 Å². The maximum atomic E-state index is 13.2. The van der Waals surface area contributed by atoms with E-state index in [0.29, 0.717) is 11.7 Å². The highest BCUT2D eigenvalue weighted by Crippen LogP contribution is 2.26. The monoisotopic (exact) mass is 450 g/mol. The Morgan fingerprint density at radius 3 is 2.52 bits per heavy atom. The molecular formula is C23H22N4O2S2. The lowest BCUT2D eigenvalue weighted by Crippen LogP contribution is -2.31. The number of methoxy groups -OCH3 is 1. The number of thiophene rings is 1. The molecule has 0 spiro atoms. The van der Waals surface area contributed by atoms with Crippen molar-refractivity contribution in [2.45, 2.75) is 11.7 Å². The van der Waals surface area contributed by atoms with Crippen LogP contribution in [0.4, 0.5) is 5.69 Å². The third-order valence-electron chi connectivity index (χ3n) is 4.77. The second-order valence-electron chi connectivity index (χ2n) is 6.78. The molecule has 0 aliphatic carbocycles. The minimum atomic E-state index is 0.00725. The van der Waals surface area contributed by atoms with Crippen LogP contribution >= 0.6 is 23.1 Å². The Balaban J connectivity index is 1.50. The number of anilines is 1.